The second-order valence-corrected chi connectivity index (χ2v) is 8.73. The van der Waals surface area contributed by atoms with E-state index in [4.69, 9.17) is 11.6 Å². The standard InChI is InChI=1S/C22H17ClN2O2S/c23-17-11-12-20-19(13-17)22(25-14-16-7-3-1-4-8-16)21(15-24-20)28(26,27)18-9-5-2-6-10-18/h1-13,15H,14H2,(H,24,25)/p+1. The molecular weight excluding hydrogens is 392 g/mol. The number of sulfone groups is 1. The number of halogens is 1. The van der Waals surface area contributed by atoms with E-state index >= 15 is 0 Å². The Morgan fingerprint density at radius 2 is 1.57 bits per heavy atom. The number of pyridine rings is 1. The minimum atomic E-state index is -3.72. The van der Waals surface area contributed by atoms with Crippen LogP contribution in [0.5, 0.6) is 0 Å². The molecule has 0 saturated heterocycles. The molecule has 6 heteroatoms. The van der Waals surface area contributed by atoms with Crippen LogP contribution in [-0.4, -0.2) is 8.42 Å². The summed E-state index contributed by atoms with van der Waals surface area (Å²) in [6, 6.07) is 23.6. The highest BCUT2D eigenvalue weighted by molar-refractivity contribution is 7.91. The lowest BCUT2D eigenvalue weighted by Crippen LogP contribution is -2.14. The molecule has 1 heterocycles. The lowest BCUT2D eigenvalue weighted by Gasteiger charge is -2.13. The summed E-state index contributed by atoms with van der Waals surface area (Å²) in [4.78, 5) is 3.51. The molecule has 3 aromatic carbocycles. The van der Waals surface area contributed by atoms with Crippen LogP contribution >= 0.6 is 11.6 Å². The third-order valence-corrected chi connectivity index (χ3v) is 6.54. The maximum absolute atomic E-state index is 13.3. The highest BCUT2D eigenvalue weighted by Crippen LogP contribution is 2.33. The second kappa shape index (κ2) is 7.62. The number of anilines is 1. The van der Waals surface area contributed by atoms with E-state index in [0.717, 1.165) is 16.5 Å². The number of hydrogen-bond acceptors (Lipinski definition) is 3. The molecule has 0 amide bonds. The summed E-state index contributed by atoms with van der Waals surface area (Å²) in [6.07, 6.45) is 1.53. The molecule has 0 aliphatic heterocycles. The smallest absolute Gasteiger partial charge is 0.214 e. The number of rotatable bonds is 5. The van der Waals surface area contributed by atoms with Gasteiger partial charge in [-0.15, -0.1) is 0 Å². The first-order valence-electron chi connectivity index (χ1n) is 8.77. The molecule has 2 N–H and O–H groups in total. The molecule has 0 aliphatic carbocycles. The lowest BCUT2D eigenvalue weighted by atomic mass is 10.1. The predicted molar refractivity (Wildman–Crippen MR) is 111 cm³/mol. The predicted octanol–water partition coefficient (Wildman–Crippen LogP) is 4.75. The molecule has 0 aliphatic rings. The van der Waals surface area contributed by atoms with E-state index in [2.05, 4.69) is 10.3 Å². The number of aromatic amines is 1. The van der Waals surface area contributed by atoms with Crippen molar-refractivity contribution in [2.75, 3.05) is 5.32 Å². The zero-order valence-corrected chi connectivity index (χ0v) is 16.5. The van der Waals surface area contributed by atoms with Gasteiger partial charge in [-0.25, -0.2) is 13.4 Å². The Hall–Kier alpha value is -2.89. The summed E-state index contributed by atoms with van der Waals surface area (Å²) in [6.45, 7) is 0.490. The Morgan fingerprint density at radius 1 is 0.893 bits per heavy atom. The van der Waals surface area contributed by atoms with Crippen molar-refractivity contribution in [1.29, 1.82) is 0 Å². The number of nitrogens with one attached hydrogen (secondary N) is 2. The van der Waals surface area contributed by atoms with Crippen LogP contribution in [0, 0.1) is 0 Å². The average molecular weight is 410 g/mol. The maximum Gasteiger partial charge on any atom is 0.214 e. The molecule has 0 saturated carbocycles. The molecule has 0 radical (unpaired) electrons. The van der Waals surface area contributed by atoms with Crippen molar-refractivity contribution in [3.05, 3.63) is 95.6 Å². The van der Waals surface area contributed by atoms with Gasteiger partial charge in [0.05, 0.1) is 16.0 Å². The number of benzene rings is 3. The van der Waals surface area contributed by atoms with Crippen molar-refractivity contribution >= 4 is 38.0 Å². The maximum atomic E-state index is 13.3. The molecule has 28 heavy (non-hydrogen) atoms. The number of fused-ring (bicyclic) bond motifs is 1. The van der Waals surface area contributed by atoms with Gasteiger partial charge in [0.15, 0.2) is 11.1 Å². The van der Waals surface area contributed by atoms with E-state index in [9.17, 15) is 8.42 Å². The van der Waals surface area contributed by atoms with Crippen molar-refractivity contribution < 1.29 is 13.4 Å². The summed E-state index contributed by atoms with van der Waals surface area (Å²) in [5, 5.41) is 4.58. The molecule has 0 atom stereocenters. The van der Waals surface area contributed by atoms with Crippen LogP contribution in [0.1, 0.15) is 5.56 Å². The largest absolute Gasteiger partial charge is 0.379 e. The summed E-state index contributed by atoms with van der Waals surface area (Å²) < 4.78 is 26.6. The first kappa shape index (κ1) is 18.5. The normalized spacial score (nSPS) is 11.5. The summed E-state index contributed by atoms with van der Waals surface area (Å²) in [7, 11) is -3.72. The van der Waals surface area contributed by atoms with E-state index < -0.39 is 9.84 Å². The lowest BCUT2D eigenvalue weighted by molar-refractivity contribution is -0.347. The van der Waals surface area contributed by atoms with Crippen LogP contribution in [0.2, 0.25) is 5.02 Å². The Labute approximate surface area is 168 Å². The minimum Gasteiger partial charge on any atom is -0.379 e. The van der Waals surface area contributed by atoms with Gasteiger partial charge in [0.1, 0.15) is 0 Å². The van der Waals surface area contributed by atoms with Gasteiger partial charge in [-0.3, -0.25) is 0 Å². The van der Waals surface area contributed by atoms with E-state index in [-0.39, 0.29) is 9.79 Å². The van der Waals surface area contributed by atoms with Crippen LogP contribution in [-0.2, 0) is 16.4 Å². The molecule has 0 unspecified atom stereocenters. The van der Waals surface area contributed by atoms with E-state index in [1.165, 1.54) is 6.20 Å². The zero-order chi connectivity index (χ0) is 19.6. The molecular formula is C22H18ClN2O2S+. The Balaban J connectivity index is 1.88. The van der Waals surface area contributed by atoms with Crippen LogP contribution < -0.4 is 10.3 Å². The average Bonchev–Trinajstić information content (AvgIpc) is 2.73. The van der Waals surface area contributed by atoms with Crippen LogP contribution in [0.25, 0.3) is 10.9 Å². The van der Waals surface area contributed by atoms with Gasteiger partial charge in [-0.1, -0.05) is 60.1 Å². The van der Waals surface area contributed by atoms with Gasteiger partial charge in [0.25, 0.3) is 0 Å². The summed E-state index contributed by atoms with van der Waals surface area (Å²) in [5.41, 5.74) is 2.38. The quantitative estimate of drug-likeness (QED) is 0.517. The highest BCUT2D eigenvalue weighted by atomic mass is 35.5. The third kappa shape index (κ3) is 3.59. The van der Waals surface area contributed by atoms with Crippen molar-refractivity contribution in [2.24, 2.45) is 0 Å². The fraction of sp³-hybridized carbons (Fsp3) is 0.0455. The van der Waals surface area contributed by atoms with Gasteiger partial charge < -0.3 is 5.32 Å². The Morgan fingerprint density at radius 3 is 2.29 bits per heavy atom. The molecule has 4 nitrogen and oxygen atoms in total. The van der Waals surface area contributed by atoms with Crippen LogP contribution in [0.3, 0.4) is 0 Å². The van der Waals surface area contributed by atoms with Crippen LogP contribution in [0.15, 0.2) is 94.9 Å². The van der Waals surface area contributed by atoms with Gasteiger partial charge in [0, 0.05) is 17.6 Å². The van der Waals surface area contributed by atoms with Gasteiger partial charge in [-0.05, 0) is 29.8 Å². The fourth-order valence-electron chi connectivity index (χ4n) is 3.10. The molecule has 0 fully saturated rings. The van der Waals surface area contributed by atoms with Crippen molar-refractivity contribution in [3.8, 4) is 0 Å². The first-order valence-corrected chi connectivity index (χ1v) is 10.6. The topological polar surface area (TPSA) is 60.3 Å². The van der Waals surface area contributed by atoms with Gasteiger partial charge in [-0.2, -0.15) is 0 Å². The Bertz CT molecular complexity index is 1230. The van der Waals surface area contributed by atoms with Crippen LogP contribution in [0.4, 0.5) is 5.69 Å². The summed E-state index contributed by atoms with van der Waals surface area (Å²) >= 11 is 6.20. The zero-order valence-electron chi connectivity index (χ0n) is 14.9. The van der Waals surface area contributed by atoms with E-state index in [1.54, 1.807) is 42.5 Å². The fourth-order valence-corrected chi connectivity index (χ4v) is 4.71. The van der Waals surface area contributed by atoms with Gasteiger partial charge >= 0.3 is 0 Å². The molecule has 4 aromatic rings. The Kier molecular flexibility index (Phi) is 5.03. The third-order valence-electron chi connectivity index (χ3n) is 4.51. The highest BCUT2D eigenvalue weighted by Gasteiger charge is 2.26. The summed E-state index contributed by atoms with van der Waals surface area (Å²) in [5.74, 6) is 0. The van der Waals surface area contributed by atoms with Crippen molar-refractivity contribution in [2.45, 2.75) is 16.3 Å². The van der Waals surface area contributed by atoms with Crippen molar-refractivity contribution in [1.82, 2.24) is 0 Å². The number of aromatic nitrogens is 1. The molecule has 0 spiro atoms. The molecule has 1 aromatic heterocycles. The van der Waals surface area contributed by atoms with E-state index in [0.29, 0.717) is 17.3 Å². The monoisotopic (exact) mass is 409 g/mol. The van der Waals surface area contributed by atoms with E-state index in [1.807, 2.05) is 36.4 Å². The SMILES string of the molecule is O=S(=O)(c1ccccc1)c1c[nH+]c2ccc(Cl)cc2c1NCc1ccccc1. The second-order valence-electron chi connectivity index (χ2n) is 6.37. The van der Waals surface area contributed by atoms with Crippen molar-refractivity contribution in [3.63, 3.8) is 0 Å². The number of hydrogen-bond donors (Lipinski definition) is 1. The molecule has 0 bridgehead atoms. The molecule has 4 rings (SSSR count). The number of H-pyrrole nitrogens is 1. The first-order chi connectivity index (χ1) is 13.6. The molecule has 140 valence electrons. The van der Waals surface area contributed by atoms with Gasteiger partial charge in [0.2, 0.25) is 15.4 Å². The minimum absolute atomic E-state index is 0.185.